The van der Waals surface area contributed by atoms with Gasteiger partial charge >= 0.3 is 6.03 Å². The van der Waals surface area contributed by atoms with Crippen LogP contribution in [0.3, 0.4) is 0 Å². The molecule has 9 heteroatoms. The first-order valence-electron chi connectivity index (χ1n) is 7.65. The molecule has 2 amide bonds. The highest BCUT2D eigenvalue weighted by molar-refractivity contribution is 5.89. The fourth-order valence-electron chi connectivity index (χ4n) is 2.62. The van der Waals surface area contributed by atoms with E-state index in [1.54, 1.807) is 0 Å². The predicted molar refractivity (Wildman–Crippen MR) is 79.8 cm³/mol. The number of urea groups is 1. The van der Waals surface area contributed by atoms with Crippen molar-refractivity contribution in [3.05, 3.63) is 41.2 Å². The van der Waals surface area contributed by atoms with E-state index in [9.17, 15) is 18.0 Å². The maximum atomic E-state index is 13.5. The maximum Gasteiger partial charge on any atom is 0.319 e. The molecule has 0 aliphatic carbocycles. The molecule has 1 aliphatic rings. The zero-order chi connectivity index (χ0) is 17.1. The van der Waals surface area contributed by atoms with Gasteiger partial charge in [0.25, 0.3) is 0 Å². The third-order valence-corrected chi connectivity index (χ3v) is 3.88. The Bertz CT molecular complexity index is 762. The zero-order valence-electron chi connectivity index (χ0n) is 12.8. The van der Waals surface area contributed by atoms with E-state index in [-0.39, 0.29) is 6.54 Å². The van der Waals surface area contributed by atoms with Gasteiger partial charge in [0.2, 0.25) is 0 Å². The van der Waals surface area contributed by atoms with Crippen LogP contribution in [0, 0.1) is 17.5 Å². The lowest BCUT2D eigenvalue weighted by atomic mass is 10.2. The molecule has 0 unspecified atom stereocenters. The van der Waals surface area contributed by atoms with Crippen LogP contribution < -0.4 is 10.6 Å². The fraction of sp³-hybridized carbons (Fsp3) is 0.400. The van der Waals surface area contributed by atoms with Crippen molar-refractivity contribution in [2.24, 2.45) is 0 Å². The number of anilines is 1. The number of carbonyl (C=O) groups is 1. The Hall–Kier alpha value is -2.58. The lowest BCUT2D eigenvalue weighted by Gasteiger charge is -2.10. The van der Waals surface area contributed by atoms with Crippen LogP contribution in [0.2, 0.25) is 0 Å². The Morgan fingerprint density at radius 3 is 2.79 bits per heavy atom. The van der Waals surface area contributed by atoms with Crippen molar-refractivity contribution in [3.63, 3.8) is 0 Å². The van der Waals surface area contributed by atoms with Crippen LogP contribution in [0.25, 0.3) is 0 Å². The van der Waals surface area contributed by atoms with Crippen LogP contribution in [-0.4, -0.2) is 20.8 Å². The number of fused-ring (bicyclic) bond motifs is 1. The van der Waals surface area contributed by atoms with Crippen molar-refractivity contribution in [1.29, 1.82) is 0 Å². The second kappa shape index (κ2) is 6.90. The van der Waals surface area contributed by atoms with Gasteiger partial charge in [-0.1, -0.05) is 6.42 Å². The van der Waals surface area contributed by atoms with Gasteiger partial charge in [-0.25, -0.2) is 18.0 Å². The van der Waals surface area contributed by atoms with Gasteiger partial charge in [-0.15, -0.1) is 10.2 Å². The summed E-state index contributed by atoms with van der Waals surface area (Å²) in [7, 11) is 0. The van der Waals surface area contributed by atoms with Crippen molar-refractivity contribution in [3.8, 4) is 0 Å². The third kappa shape index (κ3) is 3.34. The molecule has 128 valence electrons. The van der Waals surface area contributed by atoms with Crippen molar-refractivity contribution < 1.29 is 18.0 Å². The largest absolute Gasteiger partial charge is 0.331 e. The van der Waals surface area contributed by atoms with Gasteiger partial charge in [0.15, 0.2) is 23.3 Å². The van der Waals surface area contributed by atoms with Crippen molar-refractivity contribution >= 4 is 11.7 Å². The molecular weight excluding hydrogens is 323 g/mol. The van der Waals surface area contributed by atoms with Crippen LogP contribution in [0.5, 0.6) is 0 Å². The molecule has 0 radical (unpaired) electrons. The maximum absolute atomic E-state index is 13.5. The molecule has 1 aliphatic heterocycles. The first-order valence-corrected chi connectivity index (χ1v) is 7.65. The predicted octanol–water partition coefficient (Wildman–Crippen LogP) is 2.74. The number of halogens is 3. The normalized spacial score (nSPS) is 14.0. The summed E-state index contributed by atoms with van der Waals surface area (Å²) < 4.78 is 41.5. The van der Waals surface area contributed by atoms with Gasteiger partial charge in [-0.3, -0.25) is 0 Å². The SMILES string of the molecule is O=C(NCc1nnc2n1CCCCC2)Nc1ccc(F)c(F)c1F. The molecule has 6 nitrogen and oxygen atoms in total. The molecule has 0 saturated heterocycles. The molecule has 2 N–H and O–H groups in total. The summed E-state index contributed by atoms with van der Waals surface area (Å²) in [4.78, 5) is 11.8. The summed E-state index contributed by atoms with van der Waals surface area (Å²) in [5.41, 5.74) is -0.438. The molecule has 0 atom stereocenters. The number of nitrogens with one attached hydrogen (secondary N) is 2. The van der Waals surface area contributed by atoms with Crippen LogP contribution in [0.4, 0.5) is 23.7 Å². The number of rotatable bonds is 3. The van der Waals surface area contributed by atoms with Crippen LogP contribution >= 0.6 is 0 Å². The van der Waals surface area contributed by atoms with Gasteiger partial charge < -0.3 is 15.2 Å². The minimum Gasteiger partial charge on any atom is -0.331 e. The summed E-state index contributed by atoms with van der Waals surface area (Å²) in [6, 6.07) is 0.953. The molecular formula is C15H16F3N5O. The lowest BCUT2D eigenvalue weighted by Crippen LogP contribution is -2.30. The van der Waals surface area contributed by atoms with Crippen LogP contribution in [0.1, 0.15) is 30.9 Å². The number of nitrogens with zero attached hydrogens (tertiary/aromatic N) is 3. The van der Waals surface area contributed by atoms with Gasteiger partial charge in [-0.2, -0.15) is 0 Å². The number of amides is 2. The molecule has 3 rings (SSSR count). The highest BCUT2D eigenvalue weighted by Gasteiger charge is 2.17. The topological polar surface area (TPSA) is 71.8 Å². The zero-order valence-corrected chi connectivity index (χ0v) is 12.8. The molecule has 1 aromatic heterocycles. The minimum atomic E-state index is -1.63. The minimum absolute atomic E-state index is 0.101. The highest BCUT2D eigenvalue weighted by Crippen LogP contribution is 2.19. The quantitative estimate of drug-likeness (QED) is 0.845. The molecule has 24 heavy (non-hydrogen) atoms. The Labute approximate surface area is 136 Å². The highest BCUT2D eigenvalue weighted by atomic mass is 19.2. The number of carbonyl (C=O) groups excluding carboxylic acids is 1. The first-order chi connectivity index (χ1) is 11.6. The number of hydrogen-bond donors (Lipinski definition) is 2. The van der Waals surface area contributed by atoms with Crippen molar-refractivity contribution in [2.45, 2.75) is 38.8 Å². The Kier molecular flexibility index (Phi) is 4.68. The number of aryl methyl sites for hydroxylation is 1. The Morgan fingerprint density at radius 1 is 1.12 bits per heavy atom. The lowest BCUT2D eigenvalue weighted by molar-refractivity contribution is 0.251. The van der Waals surface area contributed by atoms with Gasteiger partial charge in [-0.05, 0) is 25.0 Å². The molecule has 1 aromatic carbocycles. The van der Waals surface area contributed by atoms with E-state index in [0.29, 0.717) is 5.82 Å². The van der Waals surface area contributed by atoms with Crippen LogP contribution in [0.15, 0.2) is 12.1 Å². The van der Waals surface area contributed by atoms with E-state index >= 15 is 0 Å². The average Bonchev–Trinajstić information content (AvgIpc) is 2.80. The molecule has 0 fully saturated rings. The fourth-order valence-corrected chi connectivity index (χ4v) is 2.62. The number of hydrogen-bond acceptors (Lipinski definition) is 3. The summed E-state index contributed by atoms with van der Waals surface area (Å²) in [6.07, 6.45) is 4.04. The van der Waals surface area contributed by atoms with E-state index in [0.717, 1.165) is 50.2 Å². The standard InChI is InChI=1S/C15H16F3N5O/c16-9-5-6-10(14(18)13(9)17)20-15(24)19-8-12-22-21-11-4-2-1-3-7-23(11)12/h5-6H,1-4,7-8H2,(H2,19,20,24). The Balaban J connectivity index is 1.62. The summed E-state index contributed by atoms with van der Waals surface area (Å²) in [5, 5.41) is 12.8. The van der Waals surface area contributed by atoms with Gasteiger partial charge in [0.1, 0.15) is 5.82 Å². The first kappa shape index (κ1) is 16.3. The van der Waals surface area contributed by atoms with E-state index in [2.05, 4.69) is 20.8 Å². The Morgan fingerprint density at radius 2 is 1.96 bits per heavy atom. The number of benzene rings is 1. The van der Waals surface area contributed by atoms with Crippen molar-refractivity contribution in [2.75, 3.05) is 5.32 Å². The third-order valence-electron chi connectivity index (χ3n) is 3.88. The summed E-state index contributed by atoms with van der Waals surface area (Å²) in [5.74, 6) is -2.90. The van der Waals surface area contributed by atoms with Gasteiger partial charge in [0.05, 0.1) is 12.2 Å². The molecule has 2 aromatic rings. The molecule has 0 saturated carbocycles. The van der Waals surface area contributed by atoms with E-state index in [1.165, 1.54) is 0 Å². The molecule has 0 spiro atoms. The summed E-state index contributed by atoms with van der Waals surface area (Å²) in [6.45, 7) is 0.892. The molecule has 0 bridgehead atoms. The van der Waals surface area contributed by atoms with Gasteiger partial charge in [0, 0.05) is 13.0 Å². The number of aromatic nitrogens is 3. The van der Waals surface area contributed by atoms with E-state index < -0.39 is 29.2 Å². The second-order valence-corrected chi connectivity index (χ2v) is 5.53. The molecule has 2 heterocycles. The summed E-state index contributed by atoms with van der Waals surface area (Å²) >= 11 is 0. The smallest absolute Gasteiger partial charge is 0.319 e. The monoisotopic (exact) mass is 339 g/mol. The van der Waals surface area contributed by atoms with Crippen molar-refractivity contribution in [1.82, 2.24) is 20.1 Å². The van der Waals surface area contributed by atoms with E-state index in [1.807, 2.05) is 4.57 Å². The second-order valence-electron chi connectivity index (χ2n) is 5.53. The average molecular weight is 339 g/mol. The van der Waals surface area contributed by atoms with Crippen LogP contribution in [-0.2, 0) is 19.5 Å². The van der Waals surface area contributed by atoms with E-state index in [4.69, 9.17) is 0 Å².